The molecule has 0 spiro atoms. The highest BCUT2D eigenvalue weighted by Gasteiger charge is 2.03. The Morgan fingerprint density at radius 1 is 1.20 bits per heavy atom. The molecule has 1 aromatic carbocycles. The van der Waals surface area contributed by atoms with Crippen LogP contribution in [0.1, 0.15) is 5.56 Å². The lowest BCUT2D eigenvalue weighted by atomic mass is 10.1. The van der Waals surface area contributed by atoms with Crippen LogP contribution in [-0.2, 0) is 0 Å². The molecule has 0 fully saturated rings. The number of hydrogen-bond donors (Lipinski definition) is 0. The van der Waals surface area contributed by atoms with Crippen molar-refractivity contribution in [3.05, 3.63) is 47.1 Å². The number of nitrogens with zero attached hydrogens (tertiary/aromatic N) is 2. The standard InChI is InChI=1S/C11H8ClFN2/c1-7-2-3-8(4-9(7)13)10-5-11(12)15-6-14-10/h2-6H,1H3. The number of benzene rings is 1. The van der Waals surface area contributed by atoms with Gasteiger partial charge in [-0.25, -0.2) is 14.4 Å². The minimum atomic E-state index is -0.248. The van der Waals surface area contributed by atoms with E-state index in [9.17, 15) is 4.39 Å². The van der Waals surface area contributed by atoms with Gasteiger partial charge in [-0.2, -0.15) is 0 Å². The van der Waals surface area contributed by atoms with Crippen LogP contribution >= 0.6 is 11.6 Å². The van der Waals surface area contributed by atoms with E-state index in [4.69, 9.17) is 11.6 Å². The van der Waals surface area contributed by atoms with Crippen LogP contribution in [0.25, 0.3) is 11.3 Å². The Bertz CT molecular complexity index is 500. The van der Waals surface area contributed by atoms with Gasteiger partial charge in [-0.3, -0.25) is 0 Å². The van der Waals surface area contributed by atoms with Gasteiger partial charge in [0.15, 0.2) is 0 Å². The SMILES string of the molecule is Cc1ccc(-c2cc(Cl)ncn2)cc1F. The van der Waals surface area contributed by atoms with Crippen molar-refractivity contribution in [2.75, 3.05) is 0 Å². The summed E-state index contributed by atoms with van der Waals surface area (Å²) in [5.41, 5.74) is 1.93. The second kappa shape index (κ2) is 3.95. The maximum Gasteiger partial charge on any atom is 0.133 e. The molecular weight excluding hydrogens is 215 g/mol. The van der Waals surface area contributed by atoms with E-state index in [2.05, 4.69) is 9.97 Å². The average Bonchev–Trinajstić information content (AvgIpc) is 2.22. The first-order valence-corrected chi connectivity index (χ1v) is 4.78. The Morgan fingerprint density at radius 2 is 2.00 bits per heavy atom. The van der Waals surface area contributed by atoms with E-state index in [1.165, 1.54) is 12.4 Å². The number of halogens is 2. The zero-order chi connectivity index (χ0) is 10.8. The Labute approximate surface area is 91.8 Å². The Balaban J connectivity index is 2.50. The molecule has 0 aliphatic heterocycles. The molecule has 76 valence electrons. The largest absolute Gasteiger partial charge is 0.236 e. The van der Waals surface area contributed by atoms with Crippen LogP contribution in [-0.4, -0.2) is 9.97 Å². The van der Waals surface area contributed by atoms with Gasteiger partial charge in [-0.05, 0) is 18.6 Å². The van der Waals surface area contributed by atoms with Gasteiger partial charge < -0.3 is 0 Å². The van der Waals surface area contributed by atoms with Crippen molar-refractivity contribution in [3.8, 4) is 11.3 Å². The third-order valence-corrected chi connectivity index (χ3v) is 2.31. The van der Waals surface area contributed by atoms with Crippen LogP contribution in [0.2, 0.25) is 5.15 Å². The molecule has 0 saturated heterocycles. The zero-order valence-corrected chi connectivity index (χ0v) is 8.79. The summed E-state index contributed by atoms with van der Waals surface area (Å²) in [6.45, 7) is 1.71. The van der Waals surface area contributed by atoms with Crippen LogP contribution in [0, 0.1) is 12.7 Å². The summed E-state index contributed by atoms with van der Waals surface area (Å²) in [7, 11) is 0. The highest BCUT2D eigenvalue weighted by atomic mass is 35.5. The van der Waals surface area contributed by atoms with Crippen molar-refractivity contribution in [2.24, 2.45) is 0 Å². The van der Waals surface area contributed by atoms with E-state index < -0.39 is 0 Å². The Morgan fingerprint density at radius 3 is 2.67 bits per heavy atom. The van der Waals surface area contributed by atoms with Gasteiger partial charge in [-0.15, -0.1) is 0 Å². The summed E-state index contributed by atoms with van der Waals surface area (Å²) in [6, 6.07) is 6.55. The number of aryl methyl sites for hydroxylation is 1. The minimum Gasteiger partial charge on any atom is -0.236 e. The first-order valence-electron chi connectivity index (χ1n) is 4.41. The zero-order valence-electron chi connectivity index (χ0n) is 8.04. The fourth-order valence-corrected chi connectivity index (χ4v) is 1.39. The van der Waals surface area contributed by atoms with Crippen LogP contribution in [0.4, 0.5) is 4.39 Å². The summed E-state index contributed by atoms with van der Waals surface area (Å²) in [5.74, 6) is -0.248. The van der Waals surface area contributed by atoms with E-state index >= 15 is 0 Å². The molecule has 2 aromatic rings. The molecule has 0 N–H and O–H groups in total. The average molecular weight is 223 g/mol. The van der Waals surface area contributed by atoms with Gasteiger partial charge in [-0.1, -0.05) is 23.7 Å². The van der Waals surface area contributed by atoms with E-state index in [-0.39, 0.29) is 5.82 Å². The van der Waals surface area contributed by atoms with E-state index in [1.54, 1.807) is 25.1 Å². The number of hydrogen-bond acceptors (Lipinski definition) is 2. The van der Waals surface area contributed by atoms with Crippen molar-refractivity contribution >= 4 is 11.6 Å². The molecule has 0 amide bonds. The van der Waals surface area contributed by atoms with Crippen molar-refractivity contribution < 1.29 is 4.39 Å². The lowest BCUT2D eigenvalue weighted by Crippen LogP contribution is -1.88. The molecule has 0 atom stereocenters. The summed E-state index contributed by atoms with van der Waals surface area (Å²) in [4.78, 5) is 7.78. The molecule has 0 radical (unpaired) electrons. The molecule has 2 rings (SSSR count). The monoisotopic (exact) mass is 222 g/mol. The fraction of sp³-hybridized carbons (Fsp3) is 0.0909. The lowest BCUT2D eigenvalue weighted by molar-refractivity contribution is 0.619. The van der Waals surface area contributed by atoms with Crippen molar-refractivity contribution in [1.29, 1.82) is 0 Å². The predicted molar refractivity (Wildman–Crippen MR) is 57.2 cm³/mol. The van der Waals surface area contributed by atoms with Crippen molar-refractivity contribution in [3.63, 3.8) is 0 Å². The third kappa shape index (κ3) is 2.13. The van der Waals surface area contributed by atoms with Crippen molar-refractivity contribution in [2.45, 2.75) is 6.92 Å². The maximum atomic E-state index is 13.3. The molecule has 0 unspecified atom stereocenters. The molecule has 4 heteroatoms. The topological polar surface area (TPSA) is 25.8 Å². The number of aromatic nitrogens is 2. The summed E-state index contributed by atoms with van der Waals surface area (Å²) in [5, 5.41) is 0.348. The van der Waals surface area contributed by atoms with E-state index in [1.807, 2.05) is 0 Å². The van der Waals surface area contributed by atoms with E-state index in [0.717, 1.165) is 0 Å². The highest BCUT2D eigenvalue weighted by molar-refractivity contribution is 6.29. The van der Waals surface area contributed by atoms with Gasteiger partial charge >= 0.3 is 0 Å². The van der Waals surface area contributed by atoms with Gasteiger partial charge in [0.05, 0.1) is 5.69 Å². The van der Waals surface area contributed by atoms with Crippen LogP contribution < -0.4 is 0 Å². The first-order chi connectivity index (χ1) is 7.16. The fourth-order valence-electron chi connectivity index (χ4n) is 1.24. The normalized spacial score (nSPS) is 10.3. The Kier molecular flexibility index (Phi) is 2.64. The molecule has 0 aliphatic rings. The predicted octanol–water partition coefficient (Wildman–Crippen LogP) is 3.24. The van der Waals surface area contributed by atoms with Gasteiger partial charge in [0, 0.05) is 11.6 Å². The summed E-state index contributed by atoms with van der Waals surface area (Å²) >= 11 is 5.72. The van der Waals surface area contributed by atoms with E-state index in [0.29, 0.717) is 22.0 Å². The second-order valence-electron chi connectivity index (χ2n) is 3.19. The van der Waals surface area contributed by atoms with Gasteiger partial charge in [0.2, 0.25) is 0 Å². The first kappa shape index (κ1) is 10.1. The summed E-state index contributed by atoms with van der Waals surface area (Å²) in [6.07, 6.45) is 1.36. The van der Waals surface area contributed by atoms with Gasteiger partial charge in [0.1, 0.15) is 17.3 Å². The maximum absolute atomic E-state index is 13.3. The molecule has 0 saturated carbocycles. The smallest absolute Gasteiger partial charge is 0.133 e. The van der Waals surface area contributed by atoms with Crippen molar-refractivity contribution in [1.82, 2.24) is 9.97 Å². The molecule has 2 nitrogen and oxygen atoms in total. The molecule has 15 heavy (non-hydrogen) atoms. The molecular formula is C11H8ClFN2. The summed E-state index contributed by atoms with van der Waals surface area (Å²) < 4.78 is 13.3. The quantitative estimate of drug-likeness (QED) is 0.693. The highest BCUT2D eigenvalue weighted by Crippen LogP contribution is 2.20. The van der Waals surface area contributed by atoms with Gasteiger partial charge in [0.25, 0.3) is 0 Å². The molecule has 1 heterocycles. The van der Waals surface area contributed by atoms with Crippen LogP contribution in [0.15, 0.2) is 30.6 Å². The lowest BCUT2D eigenvalue weighted by Gasteiger charge is -2.02. The third-order valence-electron chi connectivity index (χ3n) is 2.10. The molecule has 1 aromatic heterocycles. The van der Waals surface area contributed by atoms with Crippen LogP contribution in [0.3, 0.4) is 0 Å². The number of rotatable bonds is 1. The van der Waals surface area contributed by atoms with Crippen LogP contribution in [0.5, 0.6) is 0 Å². The minimum absolute atomic E-state index is 0.248. The molecule has 0 bridgehead atoms. The molecule has 0 aliphatic carbocycles. The Hall–Kier alpha value is -1.48. The second-order valence-corrected chi connectivity index (χ2v) is 3.58.